The van der Waals surface area contributed by atoms with Gasteiger partial charge in [-0.2, -0.15) is 0 Å². The van der Waals surface area contributed by atoms with Crippen LogP contribution in [-0.2, 0) is 16.8 Å². The van der Waals surface area contributed by atoms with Crippen molar-refractivity contribution in [3.8, 4) is 11.3 Å². The molecule has 3 nitrogen and oxygen atoms in total. The third-order valence-electron chi connectivity index (χ3n) is 3.21. The highest BCUT2D eigenvalue weighted by molar-refractivity contribution is 5.72. The molecule has 1 N–H and O–H groups in total. The molecule has 1 heterocycles. The Morgan fingerprint density at radius 3 is 2.30 bits per heavy atom. The van der Waals surface area contributed by atoms with Gasteiger partial charge in [0.25, 0.3) is 0 Å². The lowest BCUT2D eigenvalue weighted by molar-refractivity contribution is -0.119. The number of hydrogen-bond donors (Lipinski definition) is 1. The van der Waals surface area contributed by atoms with Gasteiger partial charge in [0.05, 0.1) is 6.54 Å². The molecule has 0 saturated carbocycles. The Kier molecular flexibility index (Phi) is 3.98. The summed E-state index contributed by atoms with van der Waals surface area (Å²) in [4.78, 5) is 10.9. The number of rotatable bonds is 3. The zero-order valence-corrected chi connectivity index (χ0v) is 12.5. The number of carbonyl (C=O) groups excluding carboxylic acids is 1. The van der Waals surface area contributed by atoms with E-state index in [-0.39, 0.29) is 11.3 Å². The third-order valence-corrected chi connectivity index (χ3v) is 3.21. The van der Waals surface area contributed by atoms with Crippen LogP contribution >= 0.6 is 0 Å². The lowest BCUT2D eigenvalue weighted by Gasteiger charge is -2.18. The van der Waals surface area contributed by atoms with E-state index in [4.69, 9.17) is 4.42 Å². The van der Waals surface area contributed by atoms with Crippen LogP contribution in [0.25, 0.3) is 11.3 Å². The largest absolute Gasteiger partial charge is 0.459 e. The van der Waals surface area contributed by atoms with E-state index in [9.17, 15) is 4.79 Å². The van der Waals surface area contributed by atoms with Gasteiger partial charge in [0.2, 0.25) is 5.91 Å². The van der Waals surface area contributed by atoms with Crippen molar-refractivity contribution in [1.82, 2.24) is 5.32 Å². The van der Waals surface area contributed by atoms with Crippen LogP contribution in [0.5, 0.6) is 0 Å². The van der Waals surface area contributed by atoms with Crippen LogP contribution in [0.2, 0.25) is 0 Å². The van der Waals surface area contributed by atoms with Crippen molar-refractivity contribution in [1.29, 1.82) is 0 Å². The maximum Gasteiger partial charge on any atom is 0.217 e. The highest BCUT2D eigenvalue weighted by atomic mass is 16.3. The molecule has 0 unspecified atom stereocenters. The number of benzene rings is 1. The Bertz CT molecular complexity index is 588. The first-order valence-electron chi connectivity index (χ1n) is 6.80. The molecule has 0 aliphatic rings. The van der Waals surface area contributed by atoms with Gasteiger partial charge < -0.3 is 9.73 Å². The fourth-order valence-corrected chi connectivity index (χ4v) is 1.97. The fraction of sp³-hybridized carbons (Fsp3) is 0.353. The lowest BCUT2D eigenvalue weighted by Crippen LogP contribution is -2.18. The second kappa shape index (κ2) is 5.53. The van der Waals surface area contributed by atoms with Crippen LogP contribution in [0.1, 0.15) is 39.0 Å². The van der Waals surface area contributed by atoms with Crippen LogP contribution in [0, 0.1) is 0 Å². The Morgan fingerprint density at radius 1 is 1.10 bits per heavy atom. The maximum atomic E-state index is 10.9. The van der Waals surface area contributed by atoms with Crippen molar-refractivity contribution >= 4 is 5.91 Å². The number of hydrogen-bond acceptors (Lipinski definition) is 2. The first-order valence-corrected chi connectivity index (χ1v) is 6.80. The molecule has 106 valence electrons. The molecule has 1 aromatic heterocycles. The molecule has 2 rings (SSSR count). The Labute approximate surface area is 120 Å². The lowest BCUT2D eigenvalue weighted by atomic mass is 9.86. The average molecular weight is 271 g/mol. The number of amides is 1. The van der Waals surface area contributed by atoms with Gasteiger partial charge in [-0.3, -0.25) is 4.79 Å². The summed E-state index contributed by atoms with van der Waals surface area (Å²) >= 11 is 0. The molecule has 0 radical (unpaired) electrons. The van der Waals surface area contributed by atoms with Crippen molar-refractivity contribution in [3.63, 3.8) is 0 Å². The summed E-state index contributed by atoms with van der Waals surface area (Å²) in [5, 5.41) is 2.72. The van der Waals surface area contributed by atoms with Crippen molar-refractivity contribution in [2.45, 2.75) is 39.7 Å². The van der Waals surface area contributed by atoms with Crippen LogP contribution < -0.4 is 5.32 Å². The standard InChI is InChI=1S/C17H21NO2/c1-12(19)18-11-15-9-10-16(20-15)13-5-7-14(8-6-13)17(2,3)4/h5-10H,11H2,1-4H3,(H,18,19). The molecule has 0 aliphatic heterocycles. The topological polar surface area (TPSA) is 42.2 Å². The van der Waals surface area contributed by atoms with Crippen LogP contribution in [0.3, 0.4) is 0 Å². The SMILES string of the molecule is CC(=O)NCc1ccc(-c2ccc(C(C)(C)C)cc2)o1. The van der Waals surface area contributed by atoms with Gasteiger partial charge in [-0.15, -0.1) is 0 Å². The monoisotopic (exact) mass is 271 g/mol. The smallest absolute Gasteiger partial charge is 0.217 e. The van der Waals surface area contributed by atoms with E-state index in [1.54, 1.807) is 0 Å². The zero-order valence-electron chi connectivity index (χ0n) is 12.5. The van der Waals surface area contributed by atoms with E-state index >= 15 is 0 Å². The molecule has 0 aliphatic carbocycles. The predicted octanol–water partition coefficient (Wildman–Crippen LogP) is 3.88. The Morgan fingerprint density at radius 2 is 1.75 bits per heavy atom. The predicted molar refractivity (Wildman–Crippen MR) is 80.4 cm³/mol. The Balaban J connectivity index is 2.14. The molecule has 1 aromatic carbocycles. The highest BCUT2D eigenvalue weighted by Crippen LogP contribution is 2.27. The van der Waals surface area contributed by atoms with Crippen molar-refractivity contribution in [2.24, 2.45) is 0 Å². The van der Waals surface area contributed by atoms with E-state index in [0.717, 1.165) is 17.1 Å². The van der Waals surface area contributed by atoms with Gasteiger partial charge in [0.1, 0.15) is 11.5 Å². The van der Waals surface area contributed by atoms with E-state index in [1.165, 1.54) is 12.5 Å². The van der Waals surface area contributed by atoms with Gasteiger partial charge in [-0.1, -0.05) is 45.0 Å². The quantitative estimate of drug-likeness (QED) is 0.920. The number of nitrogens with one attached hydrogen (secondary N) is 1. The summed E-state index contributed by atoms with van der Waals surface area (Å²) in [7, 11) is 0. The molecule has 0 bridgehead atoms. The summed E-state index contributed by atoms with van der Waals surface area (Å²) in [6, 6.07) is 12.2. The minimum Gasteiger partial charge on any atom is -0.459 e. The number of furan rings is 1. The summed E-state index contributed by atoms with van der Waals surface area (Å²) < 4.78 is 5.73. The highest BCUT2D eigenvalue weighted by Gasteiger charge is 2.13. The molecular formula is C17H21NO2. The van der Waals surface area contributed by atoms with E-state index in [2.05, 4.69) is 50.4 Å². The summed E-state index contributed by atoms with van der Waals surface area (Å²) in [5.74, 6) is 1.53. The molecule has 1 amide bonds. The molecule has 0 spiro atoms. The normalized spacial score (nSPS) is 11.4. The van der Waals surface area contributed by atoms with Crippen molar-refractivity contribution in [2.75, 3.05) is 0 Å². The fourth-order valence-electron chi connectivity index (χ4n) is 1.97. The van der Waals surface area contributed by atoms with Gasteiger partial charge in [-0.05, 0) is 23.1 Å². The van der Waals surface area contributed by atoms with Gasteiger partial charge in [0.15, 0.2) is 0 Å². The third kappa shape index (κ3) is 3.50. The zero-order chi connectivity index (χ0) is 14.8. The first-order chi connectivity index (χ1) is 9.36. The van der Waals surface area contributed by atoms with Crippen molar-refractivity contribution in [3.05, 3.63) is 47.7 Å². The second-order valence-corrected chi connectivity index (χ2v) is 6.00. The van der Waals surface area contributed by atoms with Crippen molar-refractivity contribution < 1.29 is 9.21 Å². The second-order valence-electron chi connectivity index (χ2n) is 6.00. The minimum atomic E-state index is -0.0579. The van der Waals surface area contributed by atoms with Crippen LogP contribution in [0.15, 0.2) is 40.8 Å². The van der Waals surface area contributed by atoms with E-state index < -0.39 is 0 Å². The molecule has 2 aromatic rings. The average Bonchev–Trinajstić information content (AvgIpc) is 2.84. The molecule has 0 atom stereocenters. The van der Waals surface area contributed by atoms with Gasteiger partial charge in [0, 0.05) is 12.5 Å². The molecule has 3 heteroatoms. The van der Waals surface area contributed by atoms with Crippen LogP contribution in [-0.4, -0.2) is 5.91 Å². The Hall–Kier alpha value is -2.03. The van der Waals surface area contributed by atoms with E-state index in [0.29, 0.717) is 6.54 Å². The summed E-state index contributed by atoms with van der Waals surface area (Å²) in [6.07, 6.45) is 0. The summed E-state index contributed by atoms with van der Waals surface area (Å²) in [6.45, 7) is 8.51. The molecule has 20 heavy (non-hydrogen) atoms. The first kappa shape index (κ1) is 14.4. The number of carbonyl (C=O) groups is 1. The van der Waals surface area contributed by atoms with Gasteiger partial charge in [-0.25, -0.2) is 0 Å². The molecule has 0 saturated heterocycles. The summed E-state index contributed by atoms with van der Waals surface area (Å²) in [5.41, 5.74) is 2.50. The molecule has 0 fully saturated rings. The minimum absolute atomic E-state index is 0.0579. The van der Waals surface area contributed by atoms with E-state index in [1.807, 2.05) is 12.1 Å². The maximum absolute atomic E-state index is 10.9. The van der Waals surface area contributed by atoms with Crippen LogP contribution in [0.4, 0.5) is 0 Å². The van der Waals surface area contributed by atoms with Gasteiger partial charge >= 0.3 is 0 Å². The molecular weight excluding hydrogens is 250 g/mol.